The molecule has 1 fully saturated rings. The van der Waals surface area contributed by atoms with Crippen molar-refractivity contribution in [1.29, 1.82) is 0 Å². The first-order valence-corrected chi connectivity index (χ1v) is 12.4. The Morgan fingerprint density at radius 1 is 1.09 bits per heavy atom. The van der Waals surface area contributed by atoms with E-state index in [-0.39, 0.29) is 15.5 Å². The number of hydrogen-bond donors (Lipinski definition) is 1. The van der Waals surface area contributed by atoms with Gasteiger partial charge in [0.2, 0.25) is 10.0 Å². The van der Waals surface area contributed by atoms with E-state index in [9.17, 15) is 18.0 Å². The molecule has 7 nitrogen and oxygen atoms in total. The number of piperidine rings is 1. The number of carbonyl (C=O) groups excluding carboxylic acids is 2. The molecular formula is C23H27ClN2O5S. The first-order valence-electron chi connectivity index (χ1n) is 10.6. The van der Waals surface area contributed by atoms with Gasteiger partial charge in [-0.2, -0.15) is 4.31 Å². The zero-order chi connectivity index (χ0) is 23.3. The van der Waals surface area contributed by atoms with Gasteiger partial charge in [-0.3, -0.25) is 4.79 Å². The third-order valence-corrected chi connectivity index (χ3v) is 7.62. The lowest BCUT2D eigenvalue weighted by molar-refractivity contribution is -0.123. The highest BCUT2D eigenvalue weighted by molar-refractivity contribution is 7.89. The van der Waals surface area contributed by atoms with Crippen LogP contribution in [0.4, 0.5) is 5.69 Å². The van der Waals surface area contributed by atoms with E-state index < -0.39 is 28.0 Å². The third kappa shape index (κ3) is 5.68. The van der Waals surface area contributed by atoms with Crippen molar-refractivity contribution in [3.05, 3.63) is 58.6 Å². The van der Waals surface area contributed by atoms with E-state index in [1.54, 1.807) is 12.1 Å². The fourth-order valence-corrected chi connectivity index (χ4v) is 5.16. The highest BCUT2D eigenvalue weighted by Gasteiger charge is 2.28. The minimum absolute atomic E-state index is 0.0242. The fourth-order valence-electron chi connectivity index (χ4n) is 3.42. The zero-order valence-corrected chi connectivity index (χ0v) is 19.7. The molecule has 0 aromatic heterocycles. The molecule has 0 spiro atoms. The number of anilines is 1. The molecule has 1 aliphatic heterocycles. The average molecular weight is 479 g/mol. The molecule has 0 bridgehead atoms. The van der Waals surface area contributed by atoms with Crippen molar-refractivity contribution < 1.29 is 22.7 Å². The highest BCUT2D eigenvalue weighted by Crippen LogP contribution is 2.26. The van der Waals surface area contributed by atoms with Crippen molar-refractivity contribution in [2.75, 3.05) is 18.4 Å². The molecular weight excluding hydrogens is 452 g/mol. The molecule has 1 heterocycles. The third-order valence-electron chi connectivity index (χ3n) is 5.39. The molecule has 0 saturated carbocycles. The summed E-state index contributed by atoms with van der Waals surface area (Å²) in [5.41, 5.74) is 1.62. The number of amides is 1. The second-order valence-electron chi connectivity index (χ2n) is 7.69. The van der Waals surface area contributed by atoms with Crippen LogP contribution in [0, 0.1) is 0 Å². The standard InChI is InChI=1S/C23H27ClN2O5S/c1-3-17-7-9-18(10-8-17)25-22(27)16(2)31-23(28)20-15-19(11-12-21(20)24)32(29,30)26-13-5-4-6-14-26/h7-12,15-16H,3-6,13-14H2,1-2H3,(H,25,27)/t16-/m1/s1. The van der Waals surface area contributed by atoms with E-state index >= 15 is 0 Å². The summed E-state index contributed by atoms with van der Waals surface area (Å²) in [6.07, 6.45) is 2.37. The smallest absolute Gasteiger partial charge is 0.340 e. The lowest BCUT2D eigenvalue weighted by Crippen LogP contribution is -2.35. The molecule has 9 heteroatoms. The highest BCUT2D eigenvalue weighted by atomic mass is 35.5. The van der Waals surface area contributed by atoms with Crippen molar-refractivity contribution in [3.63, 3.8) is 0 Å². The summed E-state index contributed by atoms with van der Waals surface area (Å²) < 4.78 is 32.5. The number of benzene rings is 2. The van der Waals surface area contributed by atoms with E-state index in [0.29, 0.717) is 18.8 Å². The number of rotatable bonds is 7. The Hall–Kier alpha value is -2.42. The average Bonchev–Trinajstić information content (AvgIpc) is 2.80. The topological polar surface area (TPSA) is 92.8 Å². The lowest BCUT2D eigenvalue weighted by Gasteiger charge is -2.26. The normalized spacial score (nSPS) is 15.7. The van der Waals surface area contributed by atoms with Gasteiger partial charge in [-0.05, 0) is 62.1 Å². The van der Waals surface area contributed by atoms with E-state index in [1.165, 1.54) is 29.4 Å². The Bertz CT molecular complexity index is 1080. The fraction of sp³-hybridized carbons (Fsp3) is 0.391. The summed E-state index contributed by atoms with van der Waals surface area (Å²) in [6, 6.07) is 11.3. The van der Waals surface area contributed by atoms with Crippen LogP contribution in [0.3, 0.4) is 0 Å². The Kier molecular flexibility index (Phi) is 7.92. The molecule has 172 valence electrons. The molecule has 2 aromatic carbocycles. The number of nitrogens with zero attached hydrogens (tertiary/aromatic N) is 1. The van der Waals surface area contributed by atoms with Crippen LogP contribution in [0.15, 0.2) is 47.4 Å². The van der Waals surface area contributed by atoms with E-state index in [2.05, 4.69) is 5.32 Å². The number of nitrogens with one attached hydrogen (secondary N) is 1. The van der Waals surface area contributed by atoms with Crippen molar-refractivity contribution in [1.82, 2.24) is 4.31 Å². The van der Waals surface area contributed by atoms with Gasteiger partial charge in [0.05, 0.1) is 15.5 Å². The molecule has 1 aliphatic rings. The Morgan fingerprint density at radius 3 is 2.38 bits per heavy atom. The Balaban J connectivity index is 1.71. The summed E-state index contributed by atoms with van der Waals surface area (Å²) in [4.78, 5) is 25.1. The van der Waals surface area contributed by atoms with Gasteiger partial charge >= 0.3 is 5.97 Å². The van der Waals surface area contributed by atoms with Crippen LogP contribution in [0.25, 0.3) is 0 Å². The molecule has 3 rings (SSSR count). The van der Waals surface area contributed by atoms with Crippen molar-refractivity contribution >= 4 is 39.2 Å². The van der Waals surface area contributed by atoms with Crippen molar-refractivity contribution in [2.24, 2.45) is 0 Å². The van der Waals surface area contributed by atoms with Gasteiger partial charge in [-0.15, -0.1) is 0 Å². The van der Waals surface area contributed by atoms with Gasteiger partial charge in [0.25, 0.3) is 5.91 Å². The molecule has 0 unspecified atom stereocenters. The summed E-state index contributed by atoms with van der Waals surface area (Å²) in [6.45, 7) is 4.37. The summed E-state index contributed by atoms with van der Waals surface area (Å²) >= 11 is 6.14. The number of hydrogen-bond acceptors (Lipinski definition) is 5. The van der Waals surface area contributed by atoms with Crippen LogP contribution < -0.4 is 5.32 Å². The largest absolute Gasteiger partial charge is 0.449 e. The summed E-state index contributed by atoms with van der Waals surface area (Å²) in [5.74, 6) is -1.37. The maximum atomic E-state index is 12.9. The molecule has 32 heavy (non-hydrogen) atoms. The second-order valence-corrected chi connectivity index (χ2v) is 10.0. The lowest BCUT2D eigenvalue weighted by atomic mass is 10.1. The van der Waals surface area contributed by atoms with Crippen molar-refractivity contribution in [2.45, 2.75) is 50.5 Å². The quantitative estimate of drug-likeness (QED) is 0.600. The van der Waals surface area contributed by atoms with E-state index in [0.717, 1.165) is 31.2 Å². The van der Waals surface area contributed by atoms with Crippen molar-refractivity contribution in [3.8, 4) is 0 Å². The van der Waals surface area contributed by atoms with Crippen LogP contribution in [-0.4, -0.2) is 43.8 Å². The molecule has 1 atom stereocenters. The SMILES string of the molecule is CCc1ccc(NC(=O)[C@@H](C)OC(=O)c2cc(S(=O)(=O)N3CCCCC3)ccc2Cl)cc1. The molecule has 0 aliphatic carbocycles. The minimum Gasteiger partial charge on any atom is -0.449 e. The van der Waals surface area contributed by atoms with E-state index in [1.807, 2.05) is 19.1 Å². The van der Waals surface area contributed by atoms with Gasteiger partial charge in [0.1, 0.15) is 0 Å². The Labute approximate surface area is 193 Å². The summed E-state index contributed by atoms with van der Waals surface area (Å²) in [5, 5.41) is 2.74. The van der Waals surface area contributed by atoms with E-state index in [4.69, 9.17) is 16.3 Å². The minimum atomic E-state index is -3.74. The van der Waals surface area contributed by atoms with Crippen LogP contribution in [0.1, 0.15) is 49.0 Å². The molecule has 2 aromatic rings. The monoisotopic (exact) mass is 478 g/mol. The van der Waals surface area contributed by atoms with Gasteiger partial charge in [0.15, 0.2) is 6.10 Å². The first-order chi connectivity index (χ1) is 15.2. The van der Waals surface area contributed by atoms with Crippen LogP contribution in [0.5, 0.6) is 0 Å². The number of ether oxygens (including phenoxy) is 1. The number of aryl methyl sites for hydroxylation is 1. The van der Waals surface area contributed by atoms with Crippen LogP contribution in [0.2, 0.25) is 5.02 Å². The van der Waals surface area contributed by atoms with Crippen LogP contribution >= 0.6 is 11.6 Å². The maximum Gasteiger partial charge on any atom is 0.340 e. The number of carbonyl (C=O) groups is 2. The Morgan fingerprint density at radius 2 is 1.75 bits per heavy atom. The zero-order valence-electron chi connectivity index (χ0n) is 18.1. The van der Waals surface area contributed by atoms with Gasteiger partial charge in [-0.25, -0.2) is 13.2 Å². The van der Waals surface area contributed by atoms with Gasteiger partial charge in [0, 0.05) is 18.8 Å². The van der Waals surface area contributed by atoms with Crippen LogP contribution in [-0.2, 0) is 26.0 Å². The molecule has 0 radical (unpaired) electrons. The molecule has 1 N–H and O–H groups in total. The summed E-state index contributed by atoms with van der Waals surface area (Å²) in [7, 11) is -3.74. The molecule has 1 amide bonds. The van der Waals surface area contributed by atoms with Gasteiger partial charge in [-0.1, -0.05) is 37.1 Å². The number of sulfonamides is 1. The predicted octanol–water partition coefficient (Wildman–Crippen LogP) is 4.26. The number of esters is 1. The maximum absolute atomic E-state index is 12.9. The molecule has 1 saturated heterocycles. The number of halogens is 1. The second kappa shape index (κ2) is 10.5. The van der Waals surface area contributed by atoms with Gasteiger partial charge < -0.3 is 10.1 Å². The first kappa shape index (κ1) is 24.2. The predicted molar refractivity (Wildman–Crippen MR) is 123 cm³/mol.